The molecule has 0 aromatic heterocycles. The van der Waals surface area contributed by atoms with Gasteiger partial charge >= 0.3 is 12.1 Å². The van der Waals surface area contributed by atoms with Crippen molar-refractivity contribution in [2.45, 2.75) is 71.7 Å². The van der Waals surface area contributed by atoms with Gasteiger partial charge in [0.15, 0.2) is 0 Å². The number of carboxylic acid groups (broad SMARTS) is 1. The number of aliphatic hydroxyl groups excluding tert-OH is 2. The highest BCUT2D eigenvalue weighted by Gasteiger charge is 2.36. The van der Waals surface area contributed by atoms with Gasteiger partial charge in [0.05, 0.1) is 25.2 Å². The highest BCUT2D eigenvalue weighted by atomic mass is 19.1. The van der Waals surface area contributed by atoms with Crippen LogP contribution in [0.4, 0.5) is 9.18 Å². The number of aliphatic carboxylic acids is 1. The van der Waals surface area contributed by atoms with Crippen molar-refractivity contribution in [2.75, 3.05) is 6.61 Å². The molecule has 1 aliphatic rings. The van der Waals surface area contributed by atoms with Gasteiger partial charge in [-0.3, -0.25) is 4.79 Å². The minimum Gasteiger partial charge on any atom is -0.481 e. The number of rotatable bonds is 9. The molecule has 0 unspecified atom stereocenters. The largest absolute Gasteiger partial charge is 0.508 e. The fourth-order valence-electron chi connectivity index (χ4n) is 4.15. The predicted octanol–water partition coefficient (Wildman–Crippen LogP) is 4.39. The summed E-state index contributed by atoms with van der Waals surface area (Å²) in [5, 5.41) is 28.9. The van der Waals surface area contributed by atoms with Crippen LogP contribution in [0.2, 0.25) is 0 Å². The van der Waals surface area contributed by atoms with Crippen molar-refractivity contribution in [1.29, 1.82) is 0 Å². The maximum absolute atomic E-state index is 13.9. The lowest BCUT2D eigenvalue weighted by molar-refractivity contribution is -0.139. The number of aliphatic hydroxyl groups is 2. The molecule has 2 rings (SSSR count). The van der Waals surface area contributed by atoms with E-state index in [1.807, 2.05) is 13.8 Å². The number of carbonyl (C=O) groups excluding carboxylic acids is 1. The van der Waals surface area contributed by atoms with Crippen LogP contribution in [0.1, 0.15) is 57.6 Å². The Balaban J connectivity index is 2.40. The maximum atomic E-state index is 13.9. The van der Waals surface area contributed by atoms with Crippen LogP contribution in [0.15, 0.2) is 35.9 Å². The van der Waals surface area contributed by atoms with Crippen molar-refractivity contribution in [3.8, 4) is 0 Å². The lowest BCUT2D eigenvalue weighted by Gasteiger charge is -2.38. The number of ether oxygens (including phenoxy) is 2. The number of allylic oxidation sites excluding steroid dienone is 2. The van der Waals surface area contributed by atoms with Gasteiger partial charge in [0.25, 0.3) is 0 Å². The third kappa shape index (κ3) is 7.68. The zero-order valence-corrected chi connectivity index (χ0v) is 19.5. The molecule has 1 aliphatic carbocycles. The van der Waals surface area contributed by atoms with E-state index in [1.165, 1.54) is 12.1 Å². The van der Waals surface area contributed by atoms with Gasteiger partial charge in [0.2, 0.25) is 0 Å². The third-order valence-corrected chi connectivity index (χ3v) is 5.66. The summed E-state index contributed by atoms with van der Waals surface area (Å²) >= 11 is 0. The standard InChI is InChI=1S/C25H33FO7/c1-5-32-24(31)33-19-13-20(16-6-9-22(26)15(2)10-16)21(25(3,4)14-19)8-7-17(27)11-18(28)12-23(29)30/h6-10,17-19,27-28H,5,11-14H2,1-4H3,(H,29,30)/b8-7+/t17-,18-,19+/m1/s1. The lowest BCUT2D eigenvalue weighted by atomic mass is 9.69. The van der Waals surface area contributed by atoms with Gasteiger partial charge in [0.1, 0.15) is 11.9 Å². The summed E-state index contributed by atoms with van der Waals surface area (Å²) in [6.07, 6.45) is 0.190. The molecular weight excluding hydrogens is 431 g/mol. The van der Waals surface area contributed by atoms with Crippen molar-refractivity contribution in [3.05, 3.63) is 52.9 Å². The second kappa shape index (κ2) is 11.4. The second-order valence-electron chi connectivity index (χ2n) is 8.99. The Morgan fingerprint density at radius 2 is 2.00 bits per heavy atom. The van der Waals surface area contributed by atoms with Crippen LogP contribution >= 0.6 is 0 Å². The summed E-state index contributed by atoms with van der Waals surface area (Å²) in [7, 11) is 0. The van der Waals surface area contributed by atoms with Crippen LogP contribution < -0.4 is 0 Å². The van der Waals surface area contributed by atoms with Crippen LogP contribution in [0.3, 0.4) is 0 Å². The van der Waals surface area contributed by atoms with E-state index < -0.39 is 42.3 Å². The van der Waals surface area contributed by atoms with Crippen LogP contribution in [0, 0.1) is 18.2 Å². The lowest BCUT2D eigenvalue weighted by Crippen LogP contribution is -2.32. The first kappa shape index (κ1) is 26.5. The molecule has 0 bridgehead atoms. The summed E-state index contributed by atoms with van der Waals surface area (Å²) < 4.78 is 24.3. The van der Waals surface area contributed by atoms with Crippen LogP contribution in [-0.2, 0) is 14.3 Å². The van der Waals surface area contributed by atoms with Gasteiger partial charge in [-0.2, -0.15) is 0 Å². The number of carboxylic acids is 1. The van der Waals surface area contributed by atoms with E-state index in [4.69, 9.17) is 14.6 Å². The Bertz CT molecular complexity index is 919. The van der Waals surface area contributed by atoms with Crippen LogP contribution in [-0.4, -0.2) is 52.4 Å². The fraction of sp³-hybridized carbons (Fsp3) is 0.520. The number of hydrogen-bond donors (Lipinski definition) is 3. The minimum absolute atomic E-state index is 0.115. The fourth-order valence-corrected chi connectivity index (χ4v) is 4.15. The van der Waals surface area contributed by atoms with Crippen molar-refractivity contribution in [3.63, 3.8) is 0 Å². The van der Waals surface area contributed by atoms with E-state index in [2.05, 4.69) is 0 Å². The van der Waals surface area contributed by atoms with Gasteiger partial charge < -0.3 is 24.8 Å². The molecular formula is C25H33FO7. The summed E-state index contributed by atoms with van der Waals surface area (Å²) in [5.41, 5.74) is 2.51. The molecule has 0 saturated carbocycles. The molecule has 1 aromatic rings. The normalized spacial score (nSPS) is 19.9. The third-order valence-electron chi connectivity index (χ3n) is 5.66. The van der Waals surface area contributed by atoms with E-state index in [0.29, 0.717) is 18.4 Å². The molecule has 182 valence electrons. The molecule has 33 heavy (non-hydrogen) atoms. The topological polar surface area (TPSA) is 113 Å². The highest BCUT2D eigenvalue weighted by Crippen LogP contribution is 2.46. The van der Waals surface area contributed by atoms with Crippen LogP contribution in [0.25, 0.3) is 5.57 Å². The van der Waals surface area contributed by atoms with Crippen molar-refractivity contribution < 1.29 is 38.8 Å². The summed E-state index contributed by atoms with van der Waals surface area (Å²) in [6.45, 7) is 7.53. The highest BCUT2D eigenvalue weighted by molar-refractivity contribution is 5.74. The first-order chi connectivity index (χ1) is 15.4. The van der Waals surface area contributed by atoms with Crippen molar-refractivity contribution in [2.24, 2.45) is 5.41 Å². The Hall–Kier alpha value is -2.71. The average molecular weight is 465 g/mol. The van der Waals surface area contributed by atoms with Gasteiger partial charge in [-0.15, -0.1) is 0 Å². The zero-order valence-electron chi connectivity index (χ0n) is 19.5. The number of hydrogen-bond acceptors (Lipinski definition) is 6. The zero-order chi connectivity index (χ0) is 24.8. The SMILES string of the molecule is CCOC(=O)O[C@H]1CC(c2ccc(F)c(C)c2)=C(/C=C/[C@@H](O)C[C@@H](O)CC(=O)O)C(C)(C)C1. The van der Waals surface area contributed by atoms with Gasteiger partial charge in [-0.05, 0) is 60.1 Å². The number of aryl methyl sites for hydroxylation is 1. The predicted molar refractivity (Wildman–Crippen MR) is 121 cm³/mol. The molecule has 0 aliphatic heterocycles. The van der Waals surface area contributed by atoms with E-state index in [1.54, 1.807) is 32.1 Å². The molecule has 0 amide bonds. The molecule has 8 heteroatoms. The van der Waals surface area contributed by atoms with E-state index in [9.17, 15) is 24.2 Å². The summed E-state index contributed by atoms with van der Waals surface area (Å²) in [6, 6.07) is 4.79. The van der Waals surface area contributed by atoms with Crippen molar-refractivity contribution in [1.82, 2.24) is 0 Å². The van der Waals surface area contributed by atoms with E-state index >= 15 is 0 Å². The average Bonchev–Trinajstić information content (AvgIpc) is 2.67. The molecule has 7 nitrogen and oxygen atoms in total. The number of benzene rings is 1. The number of carbonyl (C=O) groups is 2. The van der Waals surface area contributed by atoms with Gasteiger partial charge in [0, 0.05) is 12.8 Å². The van der Waals surface area contributed by atoms with Crippen molar-refractivity contribution >= 4 is 17.7 Å². The summed E-state index contributed by atoms with van der Waals surface area (Å²) in [4.78, 5) is 22.7. The minimum atomic E-state index is -1.17. The molecule has 0 radical (unpaired) electrons. The Kier molecular flexibility index (Phi) is 9.19. The monoisotopic (exact) mass is 464 g/mol. The molecule has 3 N–H and O–H groups in total. The molecule has 3 atom stereocenters. The van der Waals surface area contributed by atoms with E-state index in [0.717, 1.165) is 16.7 Å². The number of halogens is 1. The van der Waals surface area contributed by atoms with Crippen LogP contribution in [0.5, 0.6) is 0 Å². The first-order valence-corrected chi connectivity index (χ1v) is 11.0. The van der Waals surface area contributed by atoms with Gasteiger partial charge in [-0.1, -0.05) is 32.1 Å². The Labute approximate surface area is 193 Å². The van der Waals surface area contributed by atoms with E-state index in [-0.39, 0.29) is 18.8 Å². The van der Waals surface area contributed by atoms with Gasteiger partial charge in [-0.25, -0.2) is 9.18 Å². The summed E-state index contributed by atoms with van der Waals surface area (Å²) in [5.74, 6) is -1.47. The smallest absolute Gasteiger partial charge is 0.481 e. The quantitative estimate of drug-likeness (QED) is 0.465. The molecule has 0 spiro atoms. The second-order valence-corrected chi connectivity index (χ2v) is 8.99. The molecule has 0 saturated heterocycles. The molecule has 0 fully saturated rings. The Morgan fingerprint density at radius 1 is 1.30 bits per heavy atom. The molecule has 1 aromatic carbocycles. The molecule has 0 heterocycles. The Morgan fingerprint density at radius 3 is 2.61 bits per heavy atom. The first-order valence-electron chi connectivity index (χ1n) is 11.0. The maximum Gasteiger partial charge on any atom is 0.508 e.